The third-order valence-electron chi connectivity index (χ3n) is 5.91. The van der Waals surface area contributed by atoms with Gasteiger partial charge in [0.25, 0.3) is 0 Å². The molecule has 7 heteroatoms. The molecule has 1 amide bonds. The van der Waals surface area contributed by atoms with E-state index in [1.54, 1.807) is 31.7 Å². The van der Waals surface area contributed by atoms with E-state index in [1.165, 1.54) is 6.92 Å². The van der Waals surface area contributed by atoms with E-state index in [0.717, 1.165) is 11.3 Å². The lowest BCUT2D eigenvalue weighted by molar-refractivity contribution is -0.157. The predicted molar refractivity (Wildman–Crippen MR) is 121 cm³/mol. The van der Waals surface area contributed by atoms with Gasteiger partial charge in [0.05, 0.1) is 16.6 Å². The van der Waals surface area contributed by atoms with E-state index in [0.29, 0.717) is 22.3 Å². The highest BCUT2D eigenvalue weighted by Crippen LogP contribution is 2.44. The quantitative estimate of drug-likeness (QED) is 0.568. The Balaban J connectivity index is 2.00. The molecule has 0 aliphatic carbocycles. The Kier molecular flexibility index (Phi) is 5.15. The molecule has 7 nitrogen and oxygen atoms in total. The van der Waals surface area contributed by atoms with Gasteiger partial charge in [0.2, 0.25) is 11.7 Å². The molecule has 1 aliphatic heterocycles. The molecule has 0 saturated carbocycles. The fourth-order valence-electron chi connectivity index (χ4n) is 4.11. The molecule has 2 aromatic carbocycles. The van der Waals surface area contributed by atoms with Gasteiger partial charge < -0.3 is 9.30 Å². The minimum Gasteiger partial charge on any atom is -0.451 e. The van der Waals surface area contributed by atoms with Crippen LogP contribution in [-0.4, -0.2) is 33.3 Å². The second-order valence-electron chi connectivity index (χ2n) is 9.23. The molecule has 32 heavy (non-hydrogen) atoms. The molecule has 4 rings (SSSR count). The number of ketones is 1. The van der Waals surface area contributed by atoms with E-state index in [-0.39, 0.29) is 11.7 Å². The van der Waals surface area contributed by atoms with Crippen molar-refractivity contribution in [2.75, 3.05) is 4.90 Å². The first-order valence-electron chi connectivity index (χ1n) is 10.6. The molecule has 0 saturated heterocycles. The largest absolute Gasteiger partial charge is 0.451 e. The molecule has 2 heterocycles. The maximum atomic E-state index is 13.7. The van der Waals surface area contributed by atoms with Crippen LogP contribution in [0.2, 0.25) is 0 Å². The van der Waals surface area contributed by atoms with Crippen molar-refractivity contribution in [3.8, 4) is 0 Å². The molecular weight excluding hydrogens is 406 g/mol. The van der Waals surface area contributed by atoms with Crippen molar-refractivity contribution in [2.45, 2.75) is 46.8 Å². The van der Waals surface area contributed by atoms with Crippen LogP contribution in [0.25, 0.3) is 11.0 Å². The van der Waals surface area contributed by atoms with E-state index in [4.69, 9.17) is 4.74 Å². The van der Waals surface area contributed by atoms with Gasteiger partial charge in [-0.05, 0) is 45.4 Å². The Hall–Kier alpha value is -3.48. The van der Waals surface area contributed by atoms with Crippen LogP contribution in [0.5, 0.6) is 0 Å². The van der Waals surface area contributed by atoms with E-state index < -0.39 is 23.5 Å². The molecule has 0 radical (unpaired) electrons. The van der Waals surface area contributed by atoms with Gasteiger partial charge in [-0.2, -0.15) is 0 Å². The highest BCUT2D eigenvalue weighted by Gasteiger charge is 2.47. The predicted octanol–water partition coefficient (Wildman–Crippen LogP) is 4.13. The number of fused-ring (bicyclic) bond motifs is 3. The topological polar surface area (TPSA) is 81.5 Å². The second kappa shape index (κ2) is 7.58. The number of nitrogens with zero attached hydrogens (tertiary/aromatic N) is 3. The van der Waals surface area contributed by atoms with Crippen LogP contribution in [0.1, 0.15) is 55.5 Å². The number of carbonyl (C=O) groups is 3. The molecule has 2 unspecified atom stereocenters. The molecule has 3 aromatic rings. The number of benzene rings is 2. The van der Waals surface area contributed by atoms with Crippen molar-refractivity contribution in [3.05, 3.63) is 59.4 Å². The summed E-state index contributed by atoms with van der Waals surface area (Å²) >= 11 is 0. The summed E-state index contributed by atoms with van der Waals surface area (Å²) in [5, 5.41) is 0. The summed E-state index contributed by atoms with van der Waals surface area (Å²) in [6.45, 7) is 8.52. The van der Waals surface area contributed by atoms with Crippen molar-refractivity contribution < 1.29 is 19.1 Å². The lowest BCUT2D eigenvalue weighted by Crippen LogP contribution is -2.50. The highest BCUT2D eigenvalue weighted by molar-refractivity contribution is 6.17. The first-order valence-corrected chi connectivity index (χ1v) is 10.6. The lowest BCUT2D eigenvalue weighted by Gasteiger charge is -2.41. The fraction of sp³-hybridized carbons (Fsp3) is 0.360. The van der Waals surface area contributed by atoms with Gasteiger partial charge in [-0.3, -0.25) is 19.3 Å². The zero-order chi connectivity index (χ0) is 23.4. The number of aryl methyl sites for hydroxylation is 2. The van der Waals surface area contributed by atoms with Gasteiger partial charge in [-0.25, -0.2) is 4.98 Å². The first-order chi connectivity index (χ1) is 15.0. The monoisotopic (exact) mass is 433 g/mol. The highest BCUT2D eigenvalue weighted by atomic mass is 16.5. The average molecular weight is 434 g/mol. The van der Waals surface area contributed by atoms with Gasteiger partial charge in [0.15, 0.2) is 6.10 Å². The number of anilines is 1. The van der Waals surface area contributed by atoms with Crippen molar-refractivity contribution in [3.63, 3.8) is 0 Å². The van der Waals surface area contributed by atoms with E-state index in [9.17, 15) is 14.4 Å². The summed E-state index contributed by atoms with van der Waals surface area (Å²) in [5.74, 6) is -0.338. The van der Waals surface area contributed by atoms with E-state index in [1.807, 2.05) is 54.9 Å². The number of amides is 1. The number of aromatic nitrogens is 2. The van der Waals surface area contributed by atoms with Crippen LogP contribution in [0, 0.1) is 12.3 Å². The van der Waals surface area contributed by atoms with Crippen LogP contribution >= 0.6 is 0 Å². The van der Waals surface area contributed by atoms with Gasteiger partial charge in [0, 0.05) is 19.5 Å². The maximum Gasteiger partial charge on any atom is 0.312 e. The smallest absolute Gasteiger partial charge is 0.312 e. The number of hydrogen-bond donors (Lipinski definition) is 0. The molecule has 2 atom stereocenters. The zero-order valence-corrected chi connectivity index (χ0v) is 19.2. The number of rotatable bonds is 2. The molecule has 0 fully saturated rings. The van der Waals surface area contributed by atoms with Gasteiger partial charge >= 0.3 is 5.97 Å². The fourth-order valence-corrected chi connectivity index (χ4v) is 4.11. The SMILES string of the molecule is CC(=O)N1c2c(ccc3c2nc(C)n3C)C(=O)C(OC(=O)C(C)(C)C)C1c1ccccc1. The second-order valence-corrected chi connectivity index (χ2v) is 9.23. The molecule has 1 aromatic heterocycles. The number of esters is 1. The third-order valence-corrected chi connectivity index (χ3v) is 5.91. The van der Waals surface area contributed by atoms with Crippen molar-refractivity contribution in [1.29, 1.82) is 0 Å². The van der Waals surface area contributed by atoms with Crippen LogP contribution in [0.4, 0.5) is 5.69 Å². The summed E-state index contributed by atoms with van der Waals surface area (Å²) in [6, 6.07) is 11.9. The van der Waals surface area contributed by atoms with Crippen molar-refractivity contribution >= 4 is 34.4 Å². The van der Waals surface area contributed by atoms with E-state index >= 15 is 0 Å². The Morgan fingerprint density at radius 2 is 1.72 bits per heavy atom. The Morgan fingerprint density at radius 3 is 2.31 bits per heavy atom. The summed E-state index contributed by atoms with van der Waals surface area (Å²) in [5.41, 5.74) is 2.08. The molecule has 0 bridgehead atoms. The molecule has 0 N–H and O–H groups in total. The summed E-state index contributed by atoms with van der Waals surface area (Å²) in [7, 11) is 1.89. The van der Waals surface area contributed by atoms with Crippen LogP contribution in [-0.2, 0) is 21.4 Å². The molecule has 0 spiro atoms. The minimum absolute atomic E-state index is 0.264. The standard InChI is InChI=1S/C25H27N3O4/c1-14-26-19-18(27(14)6)13-12-17-21(19)28(15(2)29)20(16-10-8-7-9-11-16)23(22(17)30)32-24(31)25(3,4)5/h7-13,20,23H,1-6H3. The Morgan fingerprint density at radius 1 is 1.06 bits per heavy atom. The van der Waals surface area contributed by atoms with Crippen LogP contribution < -0.4 is 4.90 Å². The van der Waals surface area contributed by atoms with Gasteiger partial charge in [-0.1, -0.05) is 30.3 Å². The normalized spacial score (nSPS) is 18.6. The maximum absolute atomic E-state index is 13.7. The summed E-state index contributed by atoms with van der Waals surface area (Å²) in [6.07, 6.45) is -1.16. The molecule has 166 valence electrons. The number of hydrogen-bond acceptors (Lipinski definition) is 5. The Labute approximate surface area is 187 Å². The van der Waals surface area contributed by atoms with Crippen molar-refractivity contribution in [2.24, 2.45) is 12.5 Å². The van der Waals surface area contributed by atoms with Crippen LogP contribution in [0.15, 0.2) is 42.5 Å². The summed E-state index contributed by atoms with van der Waals surface area (Å²) in [4.78, 5) is 45.8. The van der Waals surface area contributed by atoms with Gasteiger partial charge in [-0.15, -0.1) is 0 Å². The minimum atomic E-state index is -1.16. The van der Waals surface area contributed by atoms with Crippen molar-refractivity contribution in [1.82, 2.24) is 9.55 Å². The first kappa shape index (κ1) is 21.7. The number of carbonyl (C=O) groups excluding carboxylic acids is 3. The number of ether oxygens (including phenoxy) is 1. The lowest BCUT2D eigenvalue weighted by atomic mass is 9.86. The zero-order valence-electron chi connectivity index (χ0n) is 19.2. The molecule has 1 aliphatic rings. The van der Waals surface area contributed by atoms with E-state index in [2.05, 4.69) is 4.98 Å². The number of imidazole rings is 1. The van der Waals surface area contributed by atoms with Gasteiger partial charge in [0.1, 0.15) is 17.4 Å². The molecular formula is C25H27N3O4. The Bertz CT molecular complexity index is 1240. The van der Waals surface area contributed by atoms with Crippen LogP contribution in [0.3, 0.4) is 0 Å². The summed E-state index contributed by atoms with van der Waals surface area (Å²) < 4.78 is 7.72. The average Bonchev–Trinajstić information content (AvgIpc) is 3.03. The third kappa shape index (κ3) is 3.38. The number of Topliss-reactive ketones (excluding diaryl/α,β-unsaturated/α-hetero) is 1.